The lowest BCUT2D eigenvalue weighted by molar-refractivity contribution is 0.0681. The molecule has 0 atom stereocenters. The number of aromatic carboxylic acids is 2. The standard InChI is InChI=1S/C27H14Br2O5/c28-15-9-5-13(6-10-15)19-20(14-7-11-16(29)12-8-14)24(27(33)34)22-21(23(19)26(31)32)17-3-1-2-4-18(17)25(22)30/h1-12H,(H,31,32)(H,33,34). The van der Waals surface area contributed by atoms with Crippen molar-refractivity contribution in [3.05, 3.63) is 104 Å². The molecule has 7 heteroatoms. The van der Waals surface area contributed by atoms with Crippen molar-refractivity contribution in [1.82, 2.24) is 0 Å². The summed E-state index contributed by atoms with van der Waals surface area (Å²) in [4.78, 5) is 39.0. The van der Waals surface area contributed by atoms with Crippen molar-refractivity contribution in [3.63, 3.8) is 0 Å². The number of halogens is 2. The highest BCUT2D eigenvalue weighted by molar-refractivity contribution is 9.10. The maximum absolute atomic E-state index is 13.4. The average molecular weight is 578 g/mol. The molecule has 0 radical (unpaired) electrons. The number of benzene rings is 4. The molecule has 5 rings (SSSR count). The summed E-state index contributed by atoms with van der Waals surface area (Å²) in [5.41, 5.74) is 1.92. The normalized spacial score (nSPS) is 11.8. The number of carbonyl (C=O) groups is 3. The maximum Gasteiger partial charge on any atom is 0.337 e. The monoisotopic (exact) mass is 576 g/mol. The number of rotatable bonds is 4. The Hall–Kier alpha value is -3.55. The third-order valence-electron chi connectivity index (χ3n) is 5.86. The SMILES string of the molecule is O=C1c2ccccc2-c2c1c(C(=O)O)c(-c1ccc(Br)cc1)c(-c1ccc(Br)cc1)c2C(=O)O. The van der Waals surface area contributed by atoms with Gasteiger partial charge in [-0.25, -0.2) is 9.59 Å². The zero-order chi connectivity index (χ0) is 24.1. The molecule has 2 N–H and O–H groups in total. The van der Waals surface area contributed by atoms with E-state index >= 15 is 0 Å². The van der Waals surface area contributed by atoms with Crippen LogP contribution in [0.4, 0.5) is 0 Å². The van der Waals surface area contributed by atoms with Crippen molar-refractivity contribution in [2.75, 3.05) is 0 Å². The van der Waals surface area contributed by atoms with Crippen molar-refractivity contribution >= 4 is 49.6 Å². The lowest BCUT2D eigenvalue weighted by atomic mass is 9.81. The van der Waals surface area contributed by atoms with E-state index in [-0.39, 0.29) is 38.9 Å². The number of carboxylic acids is 2. The summed E-state index contributed by atoms with van der Waals surface area (Å²) in [6.45, 7) is 0. The zero-order valence-corrected chi connectivity index (χ0v) is 20.5. The zero-order valence-electron chi connectivity index (χ0n) is 17.3. The molecule has 0 aromatic heterocycles. The summed E-state index contributed by atoms with van der Waals surface area (Å²) in [5, 5.41) is 20.8. The van der Waals surface area contributed by atoms with Crippen molar-refractivity contribution in [1.29, 1.82) is 0 Å². The first-order chi connectivity index (χ1) is 16.3. The van der Waals surface area contributed by atoms with E-state index in [0.717, 1.165) is 8.95 Å². The first kappa shape index (κ1) is 22.3. The summed E-state index contributed by atoms with van der Waals surface area (Å²) >= 11 is 6.78. The molecule has 0 spiro atoms. The van der Waals surface area contributed by atoms with E-state index in [0.29, 0.717) is 16.7 Å². The second kappa shape index (κ2) is 8.34. The first-order valence-electron chi connectivity index (χ1n) is 10.2. The van der Waals surface area contributed by atoms with Crippen molar-refractivity contribution in [3.8, 4) is 33.4 Å². The van der Waals surface area contributed by atoms with Crippen LogP contribution in [0.15, 0.2) is 81.7 Å². The van der Waals surface area contributed by atoms with Gasteiger partial charge in [0.15, 0.2) is 5.78 Å². The Bertz CT molecular complexity index is 1520. The molecule has 1 aliphatic carbocycles. The minimum absolute atomic E-state index is 0.0927. The fourth-order valence-electron chi connectivity index (χ4n) is 4.52. The molecule has 4 aromatic rings. The van der Waals surface area contributed by atoms with Gasteiger partial charge in [0.05, 0.1) is 11.1 Å². The lowest BCUT2D eigenvalue weighted by Gasteiger charge is -2.21. The Morgan fingerprint density at radius 2 is 0.971 bits per heavy atom. The Morgan fingerprint density at radius 1 is 0.559 bits per heavy atom. The topological polar surface area (TPSA) is 91.7 Å². The van der Waals surface area contributed by atoms with Crippen LogP contribution in [0, 0.1) is 0 Å². The minimum atomic E-state index is -1.30. The second-order valence-electron chi connectivity index (χ2n) is 7.75. The van der Waals surface area contributed by atoms with Crippen molar-refractivity contribution in [2.45, 2.75) is 0 Å². The molecule has 0 unspecified atom stereocenters. The molecular formula is C27H14Br2O5. The van der Waals surface area contributed by atoms with Gasteiger partial charge in [-0.1, -0.05) is 80.4 Å². The molecule has 0 saturated heterocycles. The van der Waals surface area contributed by atoms with Gasteiger partial charge in [-0.15, -0.1) is 0 Å². The van der Waals surface area contributed by atoms with Crippen LogP contribution in [0.1, 0.15) is 36.6 Å². The van der Waals surface area contributed by atoms with Crippen molar-refractivity contribution in [2.24, 2.45) is 0 Å². The Kier molecular flexibility index (Phi) is 5.46. The molecule has 5 nitrogen and oxygen atoms in total. The minimum Gasteiger partial charge on any atom is -0.478 e. The molecule has 0 heterocycles. The Balaban J connectivity index is 2.05. The van der Waals surface area contributed by atoms with Crippen LogP contribution >= 0.6 is 31.9 Å². The summed E-state index contributed by atoms with van der Waals surface area (Å²) in [6, 6.07) is 20.5. The summed E-state index contributed by atoms with van der Waals surface area (Å²) in [7, 11) is 0. The third-order valence-corrected chi connectivity index (χ3v) is 6.92. The van der Waals surface area contributed by atoms with Crippen LogP contribution in [0.25, 0.3) is 33.4 Å². The van der Waals surface area contributed by atoms with Crippen LogP contribution in [0.5, 0.6) is 0 Å². The average Bonchev–Trinajstić information content (AvgIpc) is 3.11. The number of hydrogen-bond acceptors (Lipinski definition) is 3. The number of hydrogen-bond donors (Lipinski definition) is 2. The van der Waals surface area contributed by atoms with Crippen LogP contribution in [-0.4, -0.2) is 27.9 Å². The van der Waals surface area contributed by atoms with Gasteiger partial charge in [-0.3, -0.25) is 4.79 Å². The van der Waals surface area contributed by atoms with E-state index in [2.05, 4.69) is 31.9 Å². The smallest absolute Gasteiger partial charge is 0.337 e. The van der Waals surface area contributed by atoms with Gasteiger partial charge in [0.25, 0.3) is 0 Å². The molecule has 1 aliphatic rings. The van der Waals surface area contributed by atoms with E-state index in [1.807, 2.05) is 0 Å². The van der Waals surface area contributed by atoms with Gasteiger partial charge in [-0.2, -0.15) is 0 Å². The molecule has 0 saturated carbocycles. The predicted molar refractivity (Wildman–Crippen MR) is 136 cm³/mol. The van der Waals surface area contributed by atoms with Gasteiger partial charge in [0, 0.05) is 36.8 Å². The fraction of sp³-hybridized carbons (Fsp3) is 0. The van der Waals surface area contributed by atoms with Gasteiger partial charge in [-0.05, 0) is 41.0 Å². The van der Waals surface area contributed by atoms with Gasteiger partial charge in [0.1, 0.15) is 0 Å². The van der Waals surface area contributed by atoms with Gasteiger partial charge in [0.2, 0.25) is 0 Å². The van der Waals surface area contributed by atoms with E-state index in [4.69, 9.17) is 0 Å². The maximum atomic E-state index is 13.4. The van der Waals surface area contributed by atoms with E-state index in [1.165, 1.54) is 0 Å². The molecule has 34 heavy (non-hydrogen) atoms. The third kappa shape index (κ3) is 3.40. The quantitative estimate of drug-likeness (QED) is 0.236. The summed E-state index contributed by atoms with van der Waals surface area (Å²) in [6.07, 6.45) is 0. The van der Waals surface area contributed by atoms with Crippen LogP contribution in [0.2, 0.25) is 0 Å². The fourth-order valence-corrected chi connectivity index (χ4v) is 5.05. The highest BCUT2D eigenvalue weighted by atomic mass is 79.9. The molecule has 0 bridgehead atoms. The molecule has 0 aliphatic heterocycles. The van der Waals surface area contributed by atoms with Crippen LogP contribution in [0.3, 0.4) is 0 Å². The Labute approximate surface area is 210 Å². The first-order valence-corrected chi connectivity index (χ1v) is 11.7. The van der Waals surface area contributed by atoms with Gasteiger partial charge >= 0.3 is 11.9 Å². The van der Waals surface area contributed by atoms with Gasteiger partial charge < -0.3 is 10.2 Å². The van der Waals surface area contributed by atoms with Crippen LogP contribution in [-0.2, 0) is 0 Å². The largest absolute Gasteiger partial charge is 0.478 e. The van der Waals surface area contributed by atoms with E-state index in [9.17, 15) is 24.6 Å². The highest BCUT2D eigenvalue weighted by Crippen LogP contribution is 2.49. The number of fused-ring (bicyclic) bond motifs is 3. The summed E-state index contributed by atoms with van der Waals surface area (Å²) < 4.78 is 1.57. The number of carboxylic acid groups (broad SMARTS) is 2. The number of carbonyl (C=O) groups excluding carboxylic acids is 1. The van der Waals surface area contributed by atoms with E-state index in [1.54, 1.807) is 72.8 Å². The van der Waals surface area contributed by atoms with Crippen LogP contribution < -0.4 is 0 Å². The molecule has 0 amide bonds. The van der Waals surface area contributed by atoms with Crippen molar-refractivity contribution < 1.29 is 24.6 Å². The Morgan fingerprint density at radius 3 is 1.41 bits per heavy atom. The van der Waals surface area contributed by atoms with E-state index < -0.39 is 17.7 Å². The second-order valence-corrected chi connectivity index (χ2v) is 9.58. The molecule has 0 fully saturated rings. The molecule has 166 valence electrons. The molecular weight excluding hydrogens is 564 g/mol. The highest BCUT2D eigenvalue weighted by Gasteiger charge is 2.39. The molecule has 4 aromatic carbocycles. The predicted octanol–water partition coefficient (Wildman–Crippen LogP) is 7.15. The number of ketones is 1. The summed E-state index contributed by atoms with van der Waals surface area (Å²) in [5.74, 6) is -3.04. The lowest BCUT2D eigenvalue weighted by Crippen LogP contribution is -2.14.